The number of carbonyl (C=O) groups excluding carboxylic acids is 1. The molecule has 9 nitrogen and oxygen atoms in total. The number of aliphatic hydroxyl groups is 1. The van der Waals surface area contributed by atoms with Crippen molar-refractivity contribution in [1.29, 1.82) is 0 Å². The van der Waals surface area contributed by atoms with E-state index in [1.165, 1.54) is 10.9 Å². The number of fused-ring (bicyclic) bond motifs is 1. The van der Waals surface area contributed by atoms with Crippen LogP contribution in [0.2, 0.25) is 0 Å². The molecule has 3 rings (SSSR count). The zero-order valence-electron chi connectivity index (χ0n) is 14.1. The third-order valence-corrected chi connectivity index (χ3v) is 4.22. The number of halogens is 1. The number of hydrogen-bond acceptors (Lipinski definition) is 8. The maximum absolute atomic E-state index is 13.5. The predicted octanol–water partition coefficient (Wildman–Crippen LogP) is 0.543. The van der Waals surface area contributed by atoms with Crippen LogP contribution in [0.4, 0.5) is 10.2 Å². The van der Waals surface area contributed by atoms with Crippen molar-refractivity contribution < 1.29 is 23.8 Å². The van der Waals surface area contributed by atoms with Crippen molar-refractivity contribution in [3.8, 4) is 12.3 Å². The van der Waals surface area contributed by atoms with Gasteiger partial charge in [0.25, 0.3) is 0 Å². The number of rotatable bonds is 5. The van der Waals surface area contributed by atoms with E-state index in [2.05, 4.69) is 20.9 Å². The molecule has 1 fully saturated rings. The summed E-state index contributed by atoms with van der Waals surface area (Å²) in [5.41, 5.74) is 4.46. The van der Waals surface area contributed by atoms with Gasteiger partial charge in [0, 0.05) is 12.8 Å². The number of nitrogens with zero attached hydrogens (tertiary/aromatic N) is 4. The molecule has 0 aromatic carbocycles. The molecule has 10 heteroatoms. The molecule has 1 aliphatic heterocycles. The van der Waals surface area contributed by atoms with Gasteiger partial charge in [-0.2, -0.15) is 14.4 Å². The Labute approximate surface area is 148 Å². The van der Waals surface area contributed by atoms with Crippen molar-refractivity contribution >= 4 is 23.0 Å². The van der Waals surface area contributed by atoms with Crippen LogP contribution in [0.3, 0.4) is 0 Å². The molecule has 0 radical (unpaired) electrons. The van der Waals surface area contributed by atoms with Crippen LogP contribution >= 0.6 is 0 Å². The number of ether oxygens (including phenoxy) is 2. The van der Waals surface area contributed by atoms with Gasteiger partial charge in [0.05, 0.1) is 12.9 Å². The van der Waals surface area contributed by atoms with Gasteiger partial charge in [-0.3, -0.25) is 9.36 Å². The van der Waals surface area contributed by atoms with Crippen molar-refractivity contribution in [3.63, 3.8) is 0 Å². The van der Waals surface area contributed by atoms with Crippen molar-refractivity contribution in [2.24, 2.45) is 0 Å². The maximum Gasteiger partial charge on any atom is 0.312 e. The van der Waals surface area contributed by atoms with Gasteiger partial charge in [-0.1, -0.05) is 12.8 Å². The third-order valence-electron chi connectivity index (χ3n) is 4.22. The van der Waals surface area contributed by atoms with Crippen LogP contribution in [0.15, 0.2) is 6.33 Å². The van der Waals surface area contributed by atoms with E-state index in [4.69, 9.17) is 21.6 Å². The lowest BCUT2D eigenvalue weighted by Crippen LogP contribution is -2.44. The fourth-order valence-corrected chi connectivity index (χ4v) is 2.91. The molecule has 2 aromatic heterocycles. The number of aliphatic hydroxyl groups excluding tert-OH is 1. The summed E-state index contributed by atoms with van der Waals surface area (Å²) in [4.78, 5) is 23.1. The second-order valence-electron chi connectivity index (χ2n) is 5.93. The quantitative estimate of drug-likeness (QED) is 0.448. The second kappa shape index (κ2) is 6.86. The number of carbonyl (C=O) groups is 1. The minimum absolute atomic E-state index is 0.111. The number of nitrogen functional groups attached to an aromatic ring is 1. The van der Waals surface area contributed by atoms with Crippen molar-refractivity contribution in [3.05, 3.63) is 12.4 Å². The molecule has 3 N–H and O–H groups in total. The Bertz CT molecular complexity index is 879. The summed E-state index contributed by atoms with van der Waals surface area (Å²) in [5, 5.41) is 9.76. The topological polar surface area (TPSA) is 125 Å². The van der Waals surface area contributed by atoms with Crippen LogP contribution in [-0.2, 0) is 14.3 Å². The largest absolute Gasteiger partial charge is 0.458 e. The Morgan fingerprint density at radius 2 is 2.42 bits per heavy atom. The summed E-state index contributed by atoms with van der Waals surface area (Å²) in [6.45, 7) is 1.29. The molecule has 0 amide bonds. The van der Waals surface area contributed by atoms with Gasteiger partial charge in [0.1, 0.15) is 12.3 Å². The highest BCUT2D eigenvalue weighted by atomic mass is 19.1. The molecule has 1 saturated heterocycles. The van der Waals surface area contributed by atoms with Crippen LogP contribution in [0.25, 0.3) is 11.2 Å². The monoisotopic (exact) mass is 363 g/mol. The summed E-state index contributed by atoms with van der Waals surface area (Å²) in [6.07, 6.45) is 5.20. The Morgan fingerprint density at radius 1 is 1.65 bits per heavy atom. The lowest BCUT2D eigenvalue weighted by atomic mass is 9.98. The highest BCUT2D eigenvalue weighted by molar-refractivity contribution is 5.81. The zero-order chi connectivity index (χ0) is 18.9. The van der Waals surface area contributed by atoms with Crippen molar-refractivity contribution in [1.82, 2.24) is 19.5 Å². The fraction of sp³-hybridized carbons (Fsp3) is 0.500. The summed E-state index contributed by atoms with van der Waals surface area (Å²) < 4.78 is 26.2. The van der Waals surface area contributed by atoms with E-state index in [0.29, 0.717) is 6.42 Å². The Balaban J connectivity index is 1.95. The number of nitrogens with two attached hydrogens (primary N) is 1. The van der Waals surface area contributed by atoms with Crippen LogP contribution in [0.1, 0.15) is 32.4 Å². The number of hydrogen-bond donors (Lipinski definition) is 2. The predicted molar refractivity (Wildman–Crippen MR) is 87.9 cm³/mol. The molecular formula is C16H18FN5O4. The van der Waals surface area contributed by atoms with Crippen LogP contribution in [0.5, 0.6) is 0 Å². The first-order chi connectivity index (χ1) is 12.4. The van der Waals surface area contributed by atoms with Gasteiger partial charge in [-0.25, -0.2) is 4.98 Å². The van der Waals surface area contributed by atoms with Gasteiger partial charge in [-0.15, -0.1) is 6.42 Å². The maximum atomic E-state index is 13.5. The minimum Gasteiger partial charge on any atom is -0.458 e. The third kappa shape index (κ3) is 2.95. The second-order valence-corrected chi connectivity index (χ2v) is 5.93. The number of esters is 1. The van der Waals surface area contributed by atoms with E-state index < -0.39 is 36.6 Å². The number of imidazole rings is 1. The van der Waals surface area contributed by atoms with E-state index in [0.717, 1.165) is 0 Å². The van der Waals surface area contributed by atoms with Gasteiger partial charge >= 0.3 is 12.0 Å². The van der Waals surface area contributed by atoms with Crippen molar-refractivity contribution in [2.75, 3.05) is 12.3 Å². The fourth-order valence-electron chi connectivity index (χ4n) is 2.91. The molecule has 0 spiro atoms. The first-order valence-electron chi connectivity index (χ1n) is 8.05. The molecular weight excluding hydrogens is 345 g/mol. The van der Waals surface area contributed by atoms with E-state index in [1.807, 2.05) is 6.92 Å². The Morgan fingerprint density at radius 3 is 3.08 bits per heavy atom. The molecule has 0 aliphatic carbocycles. The molecule has 26 heavy (non-hydrogen) atoms. The summed E-state index contributed by atoms with van der Waals surface area (Å²) in [7, 11) is 0. The summed E-state index contributed by atoms with van der Waals surface area (Å²) >= 11 is 0. The van der Waals surface area contributed by atoms with E-state index in [9.17, 15) is 14.3 Å². The molecule has 3 unspecified atom stereocenters. The molecule has 138 valence electrons. The van der Waals surface area contributed by atoms with Crippen LogP contribution in [0, 0.1) is 18.4 Å². The lowest BCUT2D eigenvalue weighted by Gasteiger charge is -2.26. The molecule has 3 atom stereocenters. The van der Waals surface area contributed by atoms with E-state index in [1.54, 1.807) is 0 Å². The summed E-state index contributed by atoms with van der Waals surface area (Å²) in [5.74, 6) is 1.82. The summed E-state index contributed by atoms with van der Waals surface area (Å²) in [6, 6.07) is 0. The lowest BCUT2D eigenvalue weighted by molar-refractivity contribution is -0.158. The Hall–Kier alpha value is -2.77. The highest BCUT2D eigenvalue weighted by Gasteiger charge is 2.51. The van der Waals surface area contributed by atoms with Crippen LogP contribution < -0.4 is 5.73 Å². The van der Waals surface area contributed by atoms with Gasteiger partial charge in [0.2, 0.25) is 0 Å². The minimum atomic E-state index is -1.51. The number of terminal acetylenes is 1. The van der Waals surface area contributed by atoms with E-state index >= 15 is 0 Å². The van der Waals surface area contributed by atoms with Gasteiger partial charge in [-0.05, 0) is 6.42 Å². The van der Waals surface area contributed by atoms with Crippen LogP contribution in [-0.4, -0.2) is 48.9 Å². The van der Waals surface area contributed by atoms with Crippen molar-refractivity contribution in [2.45, 2.75) is 44.1 Å². The first kappa shape index (κ1) is 18.0. The normalized spacial score (nSPS) is 25.3. The number of anilines is 1. The van der Waals surface area contributed by atoms with Gasteiger partial charge in [0.15, 0.2) is 22.6 Å². The van der Waals surface area contributed by atoms with E-state index in [-0.39, 0.29) is 29.8 Å². The molecule has 1 aliphatic rings. The average Bonchev–Trinajstić information content (AvgIpc) is 3.17. The van der Waals surface area contributed by atoms with Gasteiger partial charge < -0.3 is 20.3 Å². The SMILES string of the molecule is C#CC1(CO)OC(n2cnc3c(N)nc(F)nc32)CC1OC(=O)CCC. The average molecular weight is 363 g/mol. The number of aromatic nitrogens is 4. The molecule has 2 aromatic rings. The first-order valence-corrected chi connectivity index (χ1v) is 8.05. The molecule has 0 saturated carbocycles. The smallest absolute Gasteiger partial charge is 0.312 e. The molecule has 3 heterocycles. The zero-order valence-corrected chi connectivity index (χ0v) is 14.1. The molecule has 0 bridgehead atoms. The Kier molecular flexibility index (Phi) is 4.76. The standard InChI is InChI=1S/C16H18FN5O4/c1-3-5-11(24)25-9-6-10(26-16(9,4-2)7-23)22-8-19-12-13(18)20-15(17)21-14(12)22/h2,8-10,23H,3,5-7H2,1H3,(H2,18,20,21). The highest BCUT2D eigenvalue weighted by Crippen LogP contribution is 2.39.